The van der Waals surface area contributed by atoms with Crippen molar-refractivity contribution in [1.82, 2.24) is 4.31 Å². The van der Waals surface area contributed by atoms with Gasteiger partial charge in [-0.15, -0.1) is 0 Å². The molecule has 0 spiro atoms. The van der Waals surface area contributed by atoms with Crippen molar-refractivity contribution in [1.29, 1.82) is 0 Å². The molecule has 0 atom stereocenters. The number of nitrogens with zero attached hydrogens (tertiary/aromatic N) is 1. The predicted octanol–water partition coefficient (Wildman–Crippen LogP) is 4.59. The topological polar surface area (TPSA) is 66.5 Å². The Kier molecular flexibility index (Phi) is 6.16. The van der Waals surface area contributed by atoms with Crippen molar-refractivity contribution >= 4 is 32.4 Å². The number of carbonyl (C=O) groups excluding carboxylic acids is 1. The number of benzene rings is 3. The number of hydrogen-bond donors (Lipinski definition) is 1. The normalized spacial score (nSPS) is 15.2. The summed E-state index contributed by atoms with van der Waals surface area (Å²) < 4.78 is 27.0. The molecular weight excluding hydrogens is 396 g/mol. The second-order valence-corrected chi connectivity index (χ2v) is 9.66. The maximum atomic E-state index is 12.7. The number of amides is 1. The van der Waals surface area contributed by atoms with Crippen LogP contribution in [0.5, 0.6) is 0 Å². The van der Waals surface area contributed by atoms with E-state index in [0.717, 1.165) is 41.3 Å². The van der Waals surface area contributed by atoms with Crippen LogP contribution in [0.4, 0.5) is 5.69 Å². The molecule has 0 radical (unpaired) electrons. The minimum absolute atomic E-state index is 0.0599. The summed E-state index contributed by atoms with van der Waals surface area (Å²) in [5.41, 5.74) is 1.72. The molecule has 1 fully saturated rings. The summed E-state index contributed by atoms with van der Waals surface area (Å²) in [4.78, 5) is 12.7. The monoisotopic (exact) mass is 422 g/mol. The van der Waals surface area contributed by atoms with Crippen LogP contribution < -0.4 is 5.32 Å². The van der Waals surface area contributed by atoms with Crippen LogP contribution in [0.15, 0.2) is 71.6 Å². The van der Waals surface area contributed by atoms with Crippen molar-refractivity contribution in [2.45, 2.75) is 37.0 Å². The zero-order valence-electron chi connectivity index (χ0n) is 16.9. The van der Waals surface area contributed by atoms with Gasteiger partial charge in [-0.2, -0.15) is 4.31 Å². The molecule has 3 aromatic rings. The highest BCUT2D eigenvalue weighted by Gasteiger charge is 2.25. The maximum absolute atomic E-state index is 12.7. The zero-order chi connectivity index (χ0) is 21.0. The Morgan fingerprint density at radius 3 is 2.30 bits per heavy atom. The Morgan fingerprint density at radius 1 is 0.867 bits per heavy atom. The Balaban J connectivity index is 1.34. The number of rotatable bonds is 6. The first-order valence-electron chi connectivity index (χ1n) is 10.4. The third kappa shape index (κ3) is 4.71. The lowest BCUT2D eigenvalue weighted by Crippen LogP contribution is -2.35. The molecule has 0 aromatic heterocycles. The molecule has 1 aliphatic rings. The molecule has 0 saturated carbocycles. The average Bonchev–Trinajstić information content (AvgIpc) is 2.78. The molecule has 0 bridgehead atoms. The summed E-state index contributed by atoms with van der Waals surface area (Å²) in [5.74, 6) is -0.0599. The summed E-state index contributed by atoms with van der Waals surface area (Å²) in [6.45, 7) is 1.19. The van der Waals surface area contributed by atoms with Crippen molar-refractivity contribution in [3.05, 3.63) is 72.3 Å². The summed E-state index contributed by atoms with van der Waals surface area (Å²) >= 11 is 0. The van der Waals surface area contributed by atoms with E-state index in [1.165, 1.54) is 0 Å². The number of anilines is 1. The van der Waals surface area contributed by atoms with Crippen molar-refractivity contribution < 1.29 is 13.2 Å². The highest BCUT2D eigenvalue weighted by atomic mass is 32.2. The molecule has 1 N–H and O–H groups in total. The number of sulfonamides is 1. The minimum Gasteiger partial charge on any atom is -0.326 e. The largest absolute Gasteiger partial charge is 0.326 e. The van der Waals surface area contributed by atoms with Gasteiger partial charge in [-0.25, -0.2) is 8.42 Å². The van der Waals surface area contributed by atoms with Gasteiger partial charge >= 0.3 is 0 Å². The van der Waals surface area contributed by atoms with Gasteiger partial charge < -0.3 is 5.32 Å². The summed E-state index contributed by atoms with van der Waals surface area (Å²) in [5, 5.41) is 5.16. The van der Waals surface area contributed by atoms with Gasteiger partial charge in [0.2, 0.25) is 15.9 Å². The molecule has 0 aliphatic carbocycles. The van der Waals surface area contributed by atoms with E-state index in [4.69, 9.17) is 0 Å². The first-order valence-corrected chi connectivity index (χ1v) is 11.8. The lowest BCUT2D eigenvalue weighted by molar-refractivity contribution is -0.116. The molecule has 1 aliphatic heterocycles. The van der Waals surface area contributed by atoms with E-state index in [1.807, 2.05) is 42.5 Å². The Labute approximate surface area is 177 Å². The summed E-state index contributed by atoms with van der Waals surface area (Å²) in [7, 11) is -3.41. The molecule has 1 heterocycles. The lowest BCUT2D eigenvalue weighted by atomic mass is 10.1. The van der Waals surface area contributed by atoms with Crippen LogP contribution >= 0.6 is 0 Å². The quantitative estimate of drug-likeness (QED) is 0.632. The average molecular weight is 423 g/mol. The van der Waals surface area contributed by atoms with E-state index in [-0.39, 0.29) is 5.91 Å². The van der Waals surface area contributed by atoms with Crippen LogP contribution in [0.2, 0.25) is 0 Å². The number of hydrogen-bond acceptors (Lipinski definition) is 3. The van der Waals surface area contributed by atoms with E-state index in [1.54, 1.807) is 28.6 Å². The molecule has 1 saturated heterocycles. The van der Waals surface area contributed by atoms with Crippen LogP contribution in [-0.2, 0) is 21.2 Å². The molecular formula is C24H26N2O3S. The molecule has 156 valence electrons. The second kappa shape index (κ2) is 8.98. The van der Waals surface area contributed by atoms with Crippen molar-refractivity contribution in [2.75, 3.05) is 18.4 Å². The van der Waals surface area contributed by atoms with Crippen molar-refractivity contribution in [3.63, 3.8) is 0 Å². The predicted molar refractivity (Wildman–Crippen MR) is 120 cm³/mol. The van der Waals surface area contributed by atoms with Gasteiger partial charge in [0, 0.05) is 25.2 Å². The first-order chi connectivity index (χ1) is 14.5. The molecule has 6 heteroatoms. The van der Waals surface area contributed by atoms with Gasteiger partial charge in [0.1, 0.15) is 0 Å². The Morgan fingerprint density at radius 2 is 1.57 bits per heavy atom. The fourth-order valence-electron chi connectivity index (χ4n) is 3.83. The van der Waals surface area contributed by atoms with Crippen LogP contribution in [0.25, 0.3) is 10.8 Å². The van der Waals surface area contributed by atoms with Crippen LogP contribution in [0.3, 0.4) is 0 Å². The summed E-state index contributed by atoms with van der Waals surface area (Å²) in [6.07, 6.45) is 3.83. The van der Waals surface area contributed by atoms with E-state index in [9.17, 15) is 13.2 Å². The Hall–Kier alpha value is -2.70. The van der Waals surface area contributed by atoms with Crippen molar-refractivity contribution in [2.24, 2.45) is 0 Å². The van der Waals surface area contributed by atoms with Crippen LogP contribution in [0.1, 0.15) is 31.2 Å². The first kappa shape index (κ1) is 20.6. The maximum Gasteiger partial charge on any atom is 0.243 e. The SMILES string of the molecule is O=C(CCc1ccc(S(=O)(=O)N2CCCCC2)cc1)Nc1ccc2ccccc2c1. The molecule has 4 rings (SSSR count). The molecule has 30 heavy (non-hydrogen) atoms. The van der Waals surface area contributed by atoms with Gasteiger partial charge in [0.05, 0.1) is 4.90 Å². The summed E-state index contributed by atoms with van der Waals surface area (Å²) in [6, 6.07) is 20.8. The fraction of sp³-hybridized carbons (Fsp3) is 0.292. The van der Waals surface area contributed by atoms with Crippen LogP contribution in [0, 0.1) is 0 Å². The molecule has 5 nitrogen and oxygen atoms in total. The highest BCUT2D eigenvalue weighted by Crippen LogP contribution is 2.22. The van der Waals surface area contributed by atoms with E-state index >= 15 is 0 Å². The third-order valence-electron chi connectivity index (χ3n) is 5.55. The lowest BCUT2D eigenvalue weighted by Gasteiger charge is -2.25. The highest BCUT2D eigenvalue weighted by molar-refractivity contribution is 7.89. The van der Waals surface area contributed by atoms with Gasteiger partial charge in [-0.1, -0.05) is 48.9 Å². The van der Waals surface area contributed by atoms with Gasteiger partial charge in [0.25, 0.3) is 0 Å². The second-order valence-electron chi connectivity index (χ2n) is 7.72. The minimum atomic E-state index is -3.41. The standard InChI is InChI=1S/C24H26N2O3S/c27-24(25-22-12-11-20-6-2-3-7-21(20)18-22)15-10-19-8-13-23(14-9-19)30(28,29)26-16-4-1-5-17-26/h2-3,6-9,11-14,18H,1,4-5,10,15-17H2,(H,25,27). The van der Waals surface area contributed by atoms with E-state index in [2.05, 4.69) is 5.32 Å². The number of nitrogens with one attached hydrogen (secondary N) is 1. The van der Waals surface area contributed by atoms with Gasteiger partial charge in [-0.05, 0) is 59.9 Å². The number of aryl methyl sites for hydroxylation is 1. The van der Waals surface area contributed by atoms with E-state index in [0.29, 0.717) is 30.8 Å². The fourth-order valence-corrected chi connectivity index (χ4v) is 5.35. The molecule has 3 aromatic carbocycles. The smallest absolute Gasteiger partial charge is 0.243 e. The van der Waals surface area contributed by atoms with Crippen molar-refractivity contribution in [3.8, 4) is 0 Å². The van der Waals surface area contributed by atoms with Crippen LogP contribution in [-0.4, -0.2) is 31.7 Å². The number of carbonyl (C=O) groups is 1. The van der Waals surface area contributed by atoms with Gasteiger partial charge in [-0.3, -0.25) is 4.79 Å². The van der Waals surface area contributed by atoms with E-state index < -0.39 is 10.0 Å². The number of fused-ring (bicyclic) bond motifs is 1. The zero-order valence-corrected chi connectivity index (χ0v) is 17.7. The van der Waals surface area contributed by atoms with Gasteiger partial charge in [0.15, 0.2) is 0 Å². The Bertz CT molecular complexity index is 1130. The third-order valence-corrected chi connectivity index (χ3v) is 7.46. The molecule has 1 amide bonds. The number of piperidine rings is 1. The molecule has 0 unspecified atom stereocenters.